The van der Waals surface area contributed by atoms with Gasteiger partial charge < -0.3 is 0 Å². The molecule has 0 amide bonds. The predicted molar refractivity (Wildman–Crippen MR) is 77.1 cm³/mol. The Kier molecular flexibility index (Phi) is 4.27. The highest BCUT2D eigenvalue weighted by Gasteiger charge is 2.11. The van der Waals surface area contributed by atoms with E-state index in [1.807, 2.05) is 30.8 Å². The molecule has 0 N–H and O–H groups in total. The summed E-state index contributed by atoms with van der Waals surface area (Å²) < 4.78 is 1.83. The number of aromatic nitrogens is 2. The molecule has 0 unspecified atom stereocenters. The van der Waals surface area contributed by atoms with Crippen molar-refractivity contribution >= 4 is 29.0 Å². The van der Waals surface area contributed by atoms with Gasteiger partial charge in [0.25, 0.3) is 0 Å². The molecule has 0 bridgehead atoms. The van der Waals surface area contributed by atoms with Crippen molar-refractivity contribution in [3.63, 3.8) is 0 Å². The van der Waals surface area contributed by atoms with Crippen molar-refractivity contribution in [2.24, 2.45) is 0 Å². The molecule has 1 aromatic carbocycles. The van der Waals surface area contributed by atoms with E-state index in [4.69, 9.17) is 23.2 Å². The molecule has 0 atom stereocenters. The smallest absolute Gasteiger partial charge is 0.168 e. The van der Waals surface area contributed by atoms with Gasteiger partial charge in [-0.25, -0.2) is 0 Å². The van der Waals surface area contributed by atoms with Gasteiger partial charge >= 0.3 is 0 Å². The Hall–Kier alpha value is -1.32. The van der Waals surface area contributed by atoms with Crippen molar-refractivity contribution in [3.05, 3.63) is 51.8 Å². The van der Waals surface area contributed by atoms with Gasteiger partial charge in [0.15, 0.2) is 5.78 Å². The zero-order valence-corrected chi connectivity index (χ0v) is 12.2. The van der Waals surface area contributed by atoms with Crippen molar-refractivity contribution in [3.8, 4) is 0 Å². The van der Waals surface area contributed by atoms with Crippen LogP contribution in [0, 0.1) is 0 Å². The number of benzene rings is 1. The van der Waals surface area contributed by atoms with E-state index >= 15 is 0 Å². The fraction of sp³-hybridized carbons (Fsp3) is 0.286. The lowest BCUT2D eigenvalue weighted by Gasteiger charge is -2.04. The highest BCUT2D eigenvalue weighted by atomic mass is 35.5. The molecule has 0 radical (unpaired) electrons. The summed E-state index contributed by atoms with van der Waals surface area (Å²) in [5.74, 6) is -0.0208. The largest absolute Gasteiger partial charge is 0.294 e. The van der Waals surface area contributed by atoms with Crippen LogP contribution in [0.3, 0.4) is 0 Å². The first-order valence-corrected chi connectivity index (χ1v) is 6.75. The minimum atomic E-state index is -0.0208. The van der Waals surface area contributed by atoms with Crippen LogP contribution in [0.15, 0.2) is 30.5 Å². The number of nitrogens with zero attached hydrogens (tertiary/aromatic N) is 2. The molecule has 0 fully saturated rings. The second-order valence-corrected chi connectivity index (χ2v) is 5.42. The van der Waals surface area contributed by atoms with Gasteiger partial charge in [-0.1, -0.05) is 23.2 Å². The Labute approximate surface area is 122 Å². The van der Waals surface area contributed by atoms with Gasteiger partial charge in [0, 0.05) is 17.8 Å². The molecule has 100 valence electrons. The molecule has 1 aromatic heterocycles. The first kappa shape index (κ1) is 14.1. The molecule has 2 aromatic rings. The Balaban J connectivity index is 2.13. The van der Waals surface area contributed by atoms with E-state index < -0.39 is 0 Å². The normalized spacial score (nSPS) is 11.0. The van der Waals surface area contributed by atoms with Crippen molar-refractivity contribution in [2.45, 2.75) is 26.3 Å². The van der Waals surface area contributed by atoms with Crippen molar-refractivity contribution in [1.29, 1.82) is 0 Å². The molecular formula is C14H14Cl2N2O. The predicted octanol–water partition coefficient (Wildman–Crippen LogP) is 4.20. The van der Waals surface area contributed by atoms with Crippen molar-refractivity contribution < 1.29 is 4.79 Å². The van der Waals surface area contributed by atoms with E-state index in [2.05, 4.69) is 5.10 Å². The maximum atomic E-state index is 12.1. The van der Waals surface area contributed by atoms with Crippen LogP contribution in [-0.2, 0) is 6.42 Å². The highest BCUT2D eigenvalue weighted by molar-refractivity contribution is 6.42. The van der Waals surface area contributed by atoms with Crippen LogP contribution >= 0.6 is 23.2 Å². The minimum Gasteiger partial charge on any atom is -0.294 e. The second-order valence-electron chi connectivity index (χ2n) is 4.61. The van der Waals surface area contributed by atoms with Gasteiger partial charge in [-0.3, -0.25) is 9.48 Å². The number of hydrogen-bond acceptors (Lipinski definition) is 2. The number of carbonyl (C=O) groups excluding carboxylic acids is 1. The third-order valence-corrected chi connectivity index (χ3v) is 3.51. The zero-order valence-electron chi connectivity index (χ0n) is 10.7. The lowest BCUT2D eigenvalue weighted by atomic mass is 10.1. The zero-order chi connectivity index (χ0) is 14.0. The molecule has 0 aliphatic carbocycles. The molecule has 1 heterocycles. The van der Waals surface area contributed by atoms with Crippen LogP contribution in [0.1, 0.15) is 35.9 Å². The SMILES string of the molecule is CC(C)n1ccc(CC(=O)c2ccc(Cl)c(Cl)c2)n1. The number of hydrogen-bond donors (Lipinski definition) is 0. The van der Waals surface area contributed by atoms with Crippen LogP contribution < -0.4 is 0 Å². The maximum absolute atomic E-state index is 12.1. The Morgan fingerprint density at radius 3 is 2.58 bits per heavy atom. The first-order chi connectivity index (χ1) is 8.97. The van der Waals surface area contributed by atoms with Gasteiger partial charge in [-0.15, -0.1) is 0 Å². The summed E-state index contributed by atoms with van der Waals surface area (Å²) in [6, 6.07) is 7.04. The van der Waals surface area contributed by atoms with E-state index in [0.717, 1.165) is 5.69 Å². The summed E-state index contributed by atoms with van der Waals surface area (Å²) in [6.07, 6.45) is 2.14. The van der Waals surface area contributed by atoms with E-state index in [0.29, 0.717) is 15.6 Å². The Bertz CT molecular complexity index is 605. The molecule has 0 saturated carbocycles. The fourth-order valence-electron chi connectivity index (χ4n) is 1.70. The average molecular weight is 297 g/mol. The van der Waals surface area contributed by atoms with Gasteiger partial charge in [-0.05, 0) is 38.1 Å². The second kappa shape index (κ2) is 5.76. The lowest BCUT2D eigenvalue weighted by Crippen LogP contribution is -2.06. The average Bonchev–Trinajstić information content (AvgIpc) is 2.81. The summed E-state index contributed by atoms with van der Waals surface area (Å²) in [4.78, 5) is 12.1. The number of ketones is 1. The fourth-order valence-corrected chi connectivity index (χ4v) is 1.99. The van der Waals surface area contributed by atoms with Crippen molar-refractivity contribution in [1.82, 2.24) is 9.78 Å². The lowest BCUT2D eigenvalue weighted by molar-refractivity contribution is 0.0991. The maximum Gasteiger partial charge on any atom is 0.168 e. The summed E-state index contributed by atoms with van der Waals surface area (Å²) in [5, 5.41) is 5.19. The van der Waals surface area contributed by atoms with Gasteiger partial charge in [0.2, 0.25) is 0 Å². The summed E-state index contributed by atoms with van der Waals surface area (Å²) in [6.45, 7) is 4.08. The minimum absolute atomic E-state index is 0.0208. The van der Waals surface area contributed by atoms with Gasteiger partial charge in [0.05, 0.1) is 22.2 Å². The highest BCUT2D eigenvalue weighted by Crippen LogP contribution is 2.23. The molecular weight excluding hydrogens is 283 g/mol. The topological polar surface area (TPSA) is 34.9 Å². The third kappa shape index (κ3) is 3.37. The van der Waals surface area contributed by atoms with E-state index in [1.165, 1.54) is 0 Å². The number of rotatable bonds is 4. The van der Waals surface area contributed by atoms with Crippen LogP contribution in [-0.4, -0.2) is 15.6 Å². The number of halogens is 2. The monoisotopic (exact) mass is 296 g/mol. The first-order valence-electron chi connectivity index (χ1n) is 5.99. The molecule has 0 aliphatic rings. The summed E-state index contributed by atoms with van der Waals surface area (Å²) in [7, 11) is 0. The quantitative estimate of drug-likeness (QED) is 0.793. The van der Waals surface area contributed by atoms with Crippen LogP contribution in [0.25, 0.3) is 0 Å². The molecule has 19 heavy (non-hydrogen) atoms. The molecule has 0 aliphatic heterocycles. The molecule has 0 saturated heterocycles. The summed E-state index contributed by atoms with van der Waals surface area (Å²) >= 11 is 11.7. The van der Waals surface area contributed by atoms with Gasteiger partial charge in [-0.2, -0.15) is 5.10 Å². The number of carbonyl (C=O) groups is 1. The third-order valence-electron chi connectivity index (χ3n) is 2.78. The van der Waals surface area contributed by atoms with Crippen LogP contribution in [0.2, 0.25) is 10.0 Å². The molecule has 0 spiro atoms. The molecule has 5 heteroatoms. The van der Waals surface area contributed by atoms with E-state index in [1.54, 1.807) is 18.2 Å². The van der Waals surface area contributed by atoms with Gasteiger partial charge in [0.1, 0.15) is 0 Å². The standard InChI is InChI=1S/C14H14Cl2N2O/c1-9(2)18-6-5-11(17-18)8-14(19)10-3-4-12(15)13(16)7-10/h3-7,9H,8H2,1-2H3. The van der Waals surface area contributed by atoms with E-state index in [9.17, 15) is 4.79 Å². The summed E-state index contributed by atoms with van der Waals surface area (Å²) in [5.41, 5.74) is 1.30. The van der Waals surface area contributed by atoms with E-state index in [-0.39, 0.29) is 18.2 Å². The van der Waals surface area contributed by atoms with Crippen LogP contribution in [0.5, 0.6) is 0 Å². The van der Waals surface area contributed by atoms with Crippen molar-refractivity contribution in [2.75, 3.05) is 0 Å². The molecule has 2 rings (SSSR count). The Morgan fingerprint density at radius 2 is 2.00 bits per heavy atom. The number of Topliss-reactive ketones (excluding diaryl/α,β-unsaturated/α-hetero) is 1. The Morgan fingerprint density at radius 1 is 1.26 bits per heavy atom. The van der Waals surface area contributed by atoms with Crippen LogP contribution in [0.4, 0.5) is 0 Å². The molecule has 3 nitrogen and oxygen atoms in total.